The van der Waals surface area contributed by atoms with Crippen molar-refractivity contribution >= 4 is 15.9 Å². The molecule has 0 saturated carbocycles. The van der Waals surface area contributed by atoms with Crippen molar-refractivity contribution in [3.63, 3.8) is 0 Å². The van der Waals surface area contributed by atoms with E-state index in [0.717, 1.165) is 12.8 Å². The molecule has 0 aromatic heterocycles. The third-order valence-corrected chi connectivity index (χ3v) is 5.32. The van der Waals surface area contributed by atoms with Gasteiger partial charge in [-0.2, -0.15) is 4.72 Å². The number of rotatable bonds is 6. The average molecular weight is 342 g/mol. The van der Waals surface area contributed by atoms with Gasteiger partial charge in [0.25, 0.3) is 0 Å². The maximum absolute atomic E-state index is 12.5. The molecule has 0 unspecified atom stereocenters. The van der Waals surface area contributed by atoms with Crippen LogP contribution in [0.5, 0.6) is 11.5 Å². The maximum Gasteiger partial charge on any atom is 0.241 e. The summed E-state index contributed by atoms with van der Waals surface area (Å²) in [5, 5.41) is 0. The van der Waals surface area contributed by atoms with Crippen LogP contribution in [0.4, 0.5) is 0 Å². The van der Waals surface area contributed by atoms with Gasteiger partial charge in [0.15, 0.2) is 11.5 Å². The van der Waals surface area contributed by atoms with Crippen molar-refractivity contribution < 1.29 is 22.7 Å². The molecule has 0 bridgehead atoms. The number of amides is 1. The fourth-order valence-corrected chi connectivity index (χ4v) is 3.76. The van der Waals surface area contributed by atoms with Crippen LogP contribution >= 0.6 is 0 Å². The highest BCUT2D eigenvalue weighted by Crippen LogP contribution is 2.29. The van der Waals surface area contributed by atoms with Crippen LogP contribution in [-0.2, 0) is 14.8 Å². The average Bonchev–Trinajstić information content (AvgIpc) is 3.07. The summed E-state index contributed by atoms with van der Waals surface area (Å²) in [6.07, 6.45) is 1.92. The first-order valence-corrected chi connectivity index (χ1v) is 8.90. The van der Waals surface area contributed by atoms with Crippen molar-refractivity contribution in [2.24, 2.45) is 0 Å². The van der Waals surface area contributed by atoms with Crippen LogP contribution in [0.2, 0.25) is 0 Å². The molecule has 2 rings (SSSR count). The summed E-state index contributed by atoms with van der Waals surface area (Å²) in [6.45, 7) is 2.92. The Morgan fingerprint density at radius 1 is 1.17 bits per heavy atom. The summed E-state index contributed by atoms with van der Waals surface area (Å²) >= 11 is 0. The summed E-state index contributed by atoms with van der Waals surface area (Å²) in [6, 6.07) is 3.48. The van der Waals surface area contributed by atoms with Gasteiger partial charge in [0.1, 0.15) is 0 Å². The second-order valence-electron chi connectivity index (χ2n) is 5.39. The highest BCUT2D eigenvalue weighted by Gasteiger charge is 2.27. The molecule has 23 heavy (non-hydrogen) atoms. The number of methoxy groups -OCH3 is 2. The lowest BCUT2D eigenvalue weighted by atomic mass is 10.3. The van der Waals surface area contributed by atoms with E-state index in [4.69, 9.17) is 9.47 Å². The van der Waals surface area contributed by atoms with E-state index in [0.29, 0.717) is 24.6 Å². The first-order valence-electron chi connectivity index (χ1n) is 7.42. The molecule has 1 aliphatic rings. The number of nitrogens with one attached hydrogen (secondary N) is 1. The number of sulfonamides is 1. The fourth-order valence-electron chi connectivity index (χ4n) is 2.55. The monoisotopic (exact) mass is 342 g/mol. The third-order valence-electron chi connectivity index (χ3n) is 3.79. The molecule has 1 aromatic rings. The van der Waals surface area contributed by atoms with Crippen molar-refractivity contribution in [2.45, 2.75) is 30.7 Å². The van der Waals surface area contributed by atoms with Crippen LogP contribution in [-0.4, -0.2) is 52.6 Å². The van der Waals surface area contributed by atoms with E-state index >= 15 is 0 Å². The largest absolute Gasteiger partial charge is 0.493 e. The molecule has 1 saturated heterocycles. The van der Waals surface area contributed by atoms with Gasteiger partial charge in [0.2, 0.25) is 15.9 Å². The lowest BCUT2D eigenvalue weighted by Gasteiger charge is -2.21. The summed E-state index contributed by atoms with van der Waals surface area (Å²) < 4.78 is 37.5. The molecule has 8 heteroatoms. The Morgan fingerprint density at radius 3 is 2.35 bits per heavy atom. The minimum atomic E-state index is -3.82. The number of likely N-dealkylation sites (tertiary alicyclic amines) is 1. The van der Waals surface area contributed by atoms with E-state index < -0.39 is 16.1 Å². The van der Waals surface area contributed by atoms with Crippen molar-refractivity contribution in [2.75, 3.05) is 27.3 Å². The van der Waals surface area contributed by atoms with Crippen LogP contribution < -0.4 is 14.2 Å². The number of ether oxygens (including phenoxy) is 2. The van der Waals surface area contributed by atoms with Gasteiger partial charge in [0, 0.05) is 19.2 Å². The quantitative estimate of drug-likeness (QED) is 0.833. The lowest BCUT2D eigenvalue weighted by Crippen LogP contribution is -2.45. The Balaban J connectivity index is 2.16. The standard InChI is InChI=1S/C15H22N2O5S/c1-11(15(18)17-8-4-5-9-17)16-23(19,20)12-6-7-13(21-2)14(10-12)22-3/h6-7,10-11,16H,4-5,8-9H2,1-3H3/t11-/m1/s1. The van der Waals surface area contributed by atoms with Gasteiger partial charge in [-0.3, -0.25) is 4.79 Å². The molecule has 1 heterocycles. The number of hydrogen-bond acceptors (Lipinski definition) is 5. The van der Waals surface area contributed by atoms with E-state index in [-0.39, 0.29) is 10.8 Å². The SMILES string of the molecule is COc1ccc(S(=O)(=O)N[C@H](C)C(=O)N2CCCC2)cc1OC. The number of hydrogen-bond donors (Lipinski definition) is 1. The minimum absolute atomic E-state index is 0.0243. The highest BCUT2D eigenvalue weighted by atomic mass is 32.2. The normalized spacial score (nSPS) is 16.2. The molecule has 128 valence electrons. The lowest BCUT2D eigenvalue weighted by molar-refractivity contribution is -0.131. The predicted octanol–water partition coefficient (Wildman–Crippen LogP) is 0.993. The van der Waals surface area contributed by atoms with Gasteiger partial charge in [-0.25, -0.2) is 8.42 Å². The third kappa shape index (κ3) is 3.94. The van der Waals surface area contributed by atoms with E-state index in [2.05, 4.69) is 4.72 Å². The molecule has 7 nitrogen and oxygen atoms in total. The second-order valence-corrected chi connectivity index (χ2v) is 7.11. The van der Waals surface area contributed by atoms with Crippen molar-refractivity contribution in [1.82, 2.24) is 9.62 Å². The molecule has 1 fully saturated rings. The maximum atomic E-state index is 12.5. The number of carbonyl (C=O) groups is 1. The predicted molar refractivity (Wildman–Crippen MR) is 85.1 cm³/mol. The Labute approximate surface area is 136 Å². The van der Waals surface area contributed by atoms with Crippen LogP contribution in [0.1, 0.15) is 19.8 Å². The van der Waals surface area contributed by atoms with E-state index in [1.807, 2.05) is 0 Å². The van der Waals surface area contributed by atoms with Gasteiger partial charge >= 0.3 is 0 Å². The van der Waals surface area contributed by atoms with Crippen LogP contribution in [0.3, 0.4) is 0 Å². The fraction of sp³-hybridized carbons (Fsp3) is 0.533. The zero-order valence-corrected chi connectivity index (χ0v) is 14.4. The molecule has 1 amide bonds. The van der Waals surface area contributed by atoms with E-state index in [9.17, 15) is 13.2 Å². The van der Waals surface area contributed by atoms with Gasteiger partial charge in [0.05, 0.1) is 25.2 Å². The molecule has 1 aliphatic heterocycles. The van der Waals surface area contributed by atoms with Gasteiger partial charge < -0.3 is 14.4 Å². The van der Waals surface area contributed by atoms with Gasteiger partial charge in [-0.15, -0.1) is 0 Å². The Morgan fingerprint density at radius 2 is 1.78 bits per heavy atom. The Kier molecular flexibility index (Phi) is 5.48. The smallest absolute Gasteiger partial charge is 0.241 e. The van der Waals surface area contributed by atoms with Crippen molar-refractivity contribution in [3.05, 3.63) is 18.2 Å². The summed E-state index contributed by atoms with van der Waals surface area (Å²) in [5.41, 5.74) is 0. The van der Waals surface area contributed by atoms with Crippen LogP contribution in [0, 0.1) is 0 Å². The number of nitrogens with zero attached hydrogens (tertiary/aromatic N) is 1. The second kappa shape index (κ2) is 7.18. The van der Waals surface area contributed by atoms with Crippen LogP contribution in [0.15, 0.2) is 23.1 Å². The Hall–Kier alpha value is -1.80. The molecule has 0 radical (unpaired) electrons. The zero-order chi connectivity index (χ0) is 17.0. The van der Waals surface area contributed by atoms with Crippen molar-refractivity contribution in [1.29, 1.82) is 0 Å². The zero-order valence-electron chi connectivity index (χ0n) is 13.5. The summed E-state index contributed by atoms with van der Waals surface area (Å²) in [4.78, 5) is 13.9. The Bertz CT molecular complexity index is 668. The van der Waals surface area contributed by atoms with E-state index in [1.54, 1.807) is 11.8 Å². The van der Waals surface area contributed by atoms with E-state index in [1.165, 1.54) is 32.4 Å². The molecule has 0 spiro atoms. The topological polar surface area (TPSA) is 84.9 Å². The van der Waals surface area contributed by atoms with Crippen LogP contribution in [0.25, 0.3) is 0 Å². The molecular weight excluding hydrogens is 320 g/mol. The summed E-state index contributed by atoms with van der Waals surface area (Å²) in [7, 11) is -0.920. The molecular formula is C15H22N2O5S. The molecule has 1 aromatic carbocycles. The molecule has 1 atom stereocenters. The highest BCUT2D eigenvalue weighted by molar-refractivity contribution is 7.89. The number of benzene rings is 1. The number of carbonyl (C=O) groups excluding carboxylic acids is 1. The first kappa shape index (κ1) is 17.6. The molecule has 0 aliphatic carbocycles. The van der Waals surface area contributed by atoms with Gasteiger partial charge in [-0.1, -0.05) is 0 Å². The molecule has 1 N–H and O–H groups in total. The van der Waals surface area contributed by atoms with Gasteiger partial charge in [-0.05, 0) is 31.9 Å². The minimum Gasteiger partial charge on any atom is -0.493 e. The first-order chi connectivity index (χ1) is 10.9. The summed E-state index contributed by atoms with van der Waals surface area (Å²) in [5.74, 6) is 0.549. The van der Waals surface area contributed by atoms with Crippen molar-refractivity contribution in [3.8, 4) is 11.5 Å².